The molecule has 1 unspecified atom stereocenters. The molecule has 8 nitrogen and oxygen atoms in total. The van der Waals surface area contributed by atoms with Gasteiger partial charge in [0.2, 0.25) is 0 Å². The second kappa shape index (κ2) is 12.4. The van der Waals surface area contributed by atoms with Gasteiger partial charge in [-0.25, -0.2) is 4.99 Å². The third kappa shape index (κ3) is 7.64. The lowest BCUT2D eigenvalue weighted by atomic mass is 10.00. The number of nitrogens with one attached hydrogen (secondary N) is 2. The zero-order chi connectivity index (χ0) is 23.0. The molecule has 0 saturated heterocycles. The number of hydrogen-bond donors (Lipinski definition) is 3. The molecule has 2 aromatic carbocycles. The number of ether oxygens (including phenoxy) is 2. The van der Waals surface area contributed by atoms with E-state index in [1.54, 1.807) is 31.1 Å². The van der Waals surface area contributed by atoms with Gasteiger partial charge in [0.05, 0.1) is 26.4 Å². The van der Waals surface area contributed by atoms with Crippen molar-refractivity contribution in [3.8, 4) is 17.2 Å². The Kier molecular flexibility index (Phi) is 9.98. The molecule has 0 spiro atoms. The summed E-state index contributed by atoms with van der Waals surface area (Å²) < 4.78 is 12.9. The first-order chi connectivity index (χ1) is 15.4. The Labute approximate surface area is 212 Å². The van der Waals surface area contributed by atoms with Crippen LogP contribution >= 0.6 is 24.0 Å². The maximum atomic E-state index is 10.8. The molecule has 0 amide bonds. The van der Waals surface area contributed by atoms with Crippen molar-refractivity contribution in [1.29, 1.82) is 0 Å². The second-order valence-electron chi connectivity index (χ2n) is 7.62. The quantitative estimate of drug-likeness (QED) is 0.208. The van der Waals surface area contributed by atoms with E-state index in [9.17, 15) is 5.11 Å². The molecule has 178 valence electrons. The predicted molar refractivity (Wildman–Crippen MR) is 141 cm³/mol. The topological polar surface area (TPSA) is 92.9 Å². The number of halogens is 1. The van der Waals surface area contributed by atoms with Crippen molar-refractivity contribution >= 4 is 29.9 Å². The standard InChI is InChI=1S/C24H31N5O3.HI/c1-5-25-23(27-17-24(2,30)19-15-28-29(3)16-19)26-14-18-10-12-20(13-11-18)32-22-9-7-6-8-21(22)31-4;/h6-13,15-16,30H,5,14,17H2,1-4H3,(H2,25,26,27);1H. The summed E-state index contributed by atoms with van der Waals surface area (Å²) in [5.41, 5.74) is 0.713. The number of aryl methyl sites for hydroxylation is 1. The number of methoxy groups -OCH3 is 1. The van der Waals surface area contributed by atoms with Gasteiger partial charge in [-0.05, 0) is 43.7 Å². The molecule has 3 N–H and O–H groups in total. The Morgan fingerprint density at radius 1 is 1.12 bits per heavy atom. The number of aromatic nitrogens is 2. The van der Waals surface area contributed by atoms with Crippen LogP contribution in [0, 0.1) is 0 Å². The van der Waals surface area contributed by atoms with Crippen LogP contribution in [0.3, 0.4) is 0 Å². The number of rotatable bonds is 9. The van der Waals surface area contributed by atoms with Gasteiger partial charge >= 0.3 is 0 Å². The number of guanidine groups is 1. The van der Waals surface area contributed by atoms with E-state index in [1.165, 1.54) is 0 Å². The van der Waals surface area contributed by atoms with Gasteiger partial charge in [0.15, 0.2) is 17.5 Å². The summed E-state index contributed by atoms with van der Waals surface area (Å²) in [6.07, 6.45) is 3.47. The summed E-state index contributed by atoms with van der Waals surface area (Å²) >= 11 is 0. The molecular formula is C24H32IN5O3. The summed E-state index contributed by atoms with van der Waals surface area (Å²) in [7, 11) is 3.45. The highest BCUT2D eigenvalue weighted by Crippen LogP contribution is 2.30. The van der Waals surface area contributed by atoms with Gasteiger partial charge in [0, 0.05) is 25.4 Å². The normalized spacial score (nSPS) is 12.9. The van der Waals surface area contributed by atoms with Crippen LogP contribution in [-0.4, -0.2) is 41.0 Å². The van der Waals surface area contributed by atoms with Gasteiger partial charge in [0.25, 0.3) is 0 Å². The zero-order valence-electron chi connectivity index (χ0n) is 19.4. The molecule has 0 aliphatic heterocycles. The molecule has 0 aliphatic carbocycles. The molecule has 0 saturated carbocycles. The first kappa shape index (κ1) is 26.5. The first-order valence-corrected chi connectivity index (χ1v) is 10.5. The Morgan fingerprint density at radius 2 is 1.82 bits per heavy atom. The van der Waals surface area contributed by atoms with Crippen LogP contribution < -0.4 is 20.1 Å². The van der Waals surface area contributed by atoms with Gasteiger partial charge in [-0.15, -0.1) is 24.0 Å². The molecule has 0 radical (unpaired) electrons. The lowest BCUT2D eigenvalue weighted by Crippen LogP contribution is -2.44. The van der Waals surface area contributed by atoms with Crippen molar-refractivity contribution in [2.45, 2.75) is 26.0 Å². The maximum Gasteiger partial charge on any atom is 0.191 e. The van der Waals surface area contributed by atoms with Crippen LogP contribution in [0.5, 0.6) is 17.2 Å². The second-order valence-corrected chi connectivity index (χ2v) is 7.62. The molecular weight excluding hydrogens is 533 g/mol. The highest BCUT2D eigenvalue weighted by atomic mass is 127. The SMILES string of the molecule is CCNC(=NCc1ccc(Oc2ccccc2OC)cc1)NCC(C)(O)c1cnn(C)c1.I. The van der Waals surface area contributed by atoms with Gasteiger partial charge < -0.3 is 25.2 Å². The minimum Gasteiger partial charge on any atom is -0.493 e. The average Bonchev–Trinajstić information content (AvgIpc) is 3.24. The van der Waals surface area contributed by atoms with E-state index < -0.39 is 5.60 Å². The van der Waals surface area contributed by atoms with Gasteiger partial charge in [-0.2, -0.15) is 5.10 Å². The van der Waals surface area contributed by atoms with Gasteiger partial charge in [-0.1, -0.05) is 24.3 Å². The van der Waals surface area contributed by atoms with E-state index in [4.69, 9.17) is 9.47 Å². The third-order valence-corrected chi connectivity index (χ3v) is 4.91. The van der Waals surface area contributed by atoms with E-state index in [1.807, 2.05) is 62.5 Å². The fourth-order valence-corrected chi connectivity index (χ4v) is 3.06. The number of aliphatic hydroxyl groups is 1. The first-order valence-electron chi connectivity index (χ1n) is 10.5. The zero-order valence-corrected chi connectivity index (χ0v) is 21.7. The molecule has 0 aliphatic rings. The van der Waals surface area contributed by atoms with E-state index in [-0.39, 0.29) is 24.0 Å². The molecule has 1 aromatic heterocycles. The Balaban J connectivity index is 0.00000385. The molecule has 0 fully saturated rings. The minimum atomic E-state index is -1.07. The van der Waals surface area contributed by atoms with Crippen molar-refractivity contribution in [1.82, 2.24) is 20.4 Å². The van der Waals surface area contributed by atoms with E-state index in [2.05, 4.69) is 20.7 Å². The van der Waals surface area contributed by atoms with Crippen molar-refractivity contribution < 1.29 is 14.6 Å². The highest BCUT2D eigenvalue weighted by Gasteiger charge is 2.25. The van der Waals surface area contributed by atoms with E-state index in [0.29, 0.717) is 37.1 Å². The monoisotopic (exact) mass is 565 g/mol. The number of aliphatic imine (C=N–C) groups is 1. The summed E-state index contributed by atoms with van der Waals surface area (Å²) in [6.45, 7) is 5.25. The highest BCUT2D eigenvalue weighted by molar-refractivity contribution is 14.0. The van der Waals surface area contributed by atoms with Crippen LogP contribution in [-0.2, 0) is 19.2 Å². The largest absolute Gasteiger partial charge is 0.493 e. The van der Waals surface area contributed by atoms with Crippen LogP contribution in [0.4, 0.5) is 0 Å². The Hall–Kier alpha value is -2.79. The smallest absolute Gasteiger partial charge is 0.191 e. The minimum absolute atomic E-state index is 0. The summed E-state index contributed by atoms with van der Waals surface area (Å²) in [6, 6.07) is 15.3. The van der Waals surface area contributed by atoms with Gasteiger partial charge in [-0.3, -0.25) is 4.68 Å². The number of benzene rings is 2. The van der Waals surface area contributed by atoms with Crippen molar-refractivity contribution in [3.05, 3.63) is 72.1 Å². The van der Waals surface area contributed by atoms with Crippen LogP contribution in [0.25, 0.3) is 0 Å². The number of para-hydroxylation sites is 2. The van der Waals surface area contributed by atoms with E-state index in [0.717, 1.165) is 16.9 Å². The third-order valence-electron chi connectivity index (χ3n) is 4.91. The van der Waals surface area contributed by atoms with Crippen molar-refractivity contribution in [3.63, 3.8) is 0 Å². The summed E-state index contributed by atoms with van der Waals surface area (Å²) in [5.74, 6) is 2.70. The van der Waals surface area contributed by atoms with Gasteiger partial charge in [0.1, 0.15) is 11.4 Å². The average molecular weight is 565 g/mol. The fraction of sp³-hybridized carbons (Fsp3) is 0.333. The molecule has 33 heavy (non-hydrogen) atoms. The summed E-state index contributed by atoms with van der Waals surface area (Å²) in [5, 5.41) is 21.3. The fourth-order valence-electron chi connectivity index (χ4n) is 3.06. The molecule has 3 aromatic rings. The number of nitrogens with zero attached hydrogens (tertiary/aromatic N) is 3. The number of hydrogen-bond acceptors (Lipinski definition) is 5. The molecule has 9 heteroatoms. The lowest BCUT2D eigenvalue weighted by Gasteiger charge is -2.23. The Morgan fingerprint density at radius 3 is 2.42 bits per heavy atom. The van der Waals surface area contributed by atoms with Crippen LogP contribution in [0.15, 0.2) is 65.9 Å². The van der Waals surface area contributed by atoms with Crippen molar-refractivity contribution in [2.24, 2.45) is 12.0 Å². The predicted octanol–water partition coefficient (Wildman–Crippen LogP) is 3.80. The molecule has 3 rings (SSSR count). The van der Waals surface area contributed by atoms with Crippen LogP contribution in [0.1, 0.15) is 25.0 Å². The lowest BCUT2D eigenvalue weighted by molar-refractivity contribution is 0.0616. The summed E-state index contributed by atoms with van der Waals surface area (Å²) in [4.78, 5) is 4.63. The molecule has 1 atom stereocenters. The van der Waals surface area contributed by atoms with Crippen molar-refractivity contribution in [2.75, 3.05) is 20.2 Å². The molecule has 1 heterocycles. The maximum absolute atomic E-state index is 10.8. The molecule has 0 bridgehead atoms. The Bertz CT molecular complexity index is 1030. The van der Waals surface area contributed by atoms with Crippen LogP contribution in [0.2, 0.25) is 0 Å². The van der Waals surface area contributed by atoms with E-state index >= 15 is 0 Å².